The van der Waals surface area contributed by atoms with Crippen molar-refractivity contribution in [1.29, 1.82) is 0 Å². The molecule has 0 radical (unpaired) electrons. The van der Waals surface area contributed by atoms with Gasteiger partial charge in [-0.1, -0.05) is 25.4 Å². The molecule has 10 nitrogen and oxygen atoms in total. The van der Waals surface area contributed by atoms with Gasteiger partial charge in [-0.05, 0) is 6.07 Å². The summed E-state index contributed by atoms with van der Waals surface area (Å²) in [5.74, 6) is -1.31. The van der Waals surface area contributed by atoms with Gasteiger partial charge in [0.15, 0.2) is 0 Å². The van der Waals surface area contributed by atoms with E-state index in [9.17, 15) is 14.4 Å². The van der Waals surface area contributed by atoms with Crippen molar-refractivity contribution < 1.29 is 29.0 Å². The van der Waals surface area contributed by atoms with Gasteiger partial charge in [-0.3, -0.25) is 15.0 Å². The quantitative estimate of drug-likeness (QED) is 0.354. The minimum absolute atomic E-state index is 0.00643. The molecule has 1 aromatic carbocycles. The maximum Gasteiger partial charge on any atom is 0.337 e. The molecule has 2 amide bonds. The number of carbonyl (C=O) groups is 3. The topological polar surface area (TPSA) is 120 Å². The number of methoxy groups -OCH3 is 2. The number of amides is 2. The SMILES string of the molecule is CCN(CC)NC(=O)c1cc(Cl)c(NC2=C(C(=O)OC)CN(CCO)C2=O)cc1OC. The molecule has 0 spiro atoms. The third-order valence-electron chi connectivity index (χ3n) is 4.77. The summed E-state index contributed by atoms with van der Waals surface area (Å²) in [5, 5.41) is 13.9. The predicted octanol–water partition coefficient (Wildman–Crippen LogP) is 1.01. The summed E-state index contributed by atoms with van der Waals surface area (Å²) in [6.07, 6.45) is 0. The molecule has 3 N–H and O–H groups in total. The van der Waals surface area contributed by atoms with Crippen molar-refractivity contribution in [3.05, 3.63) is 34.0 Å². The fourth-order valence-electron chi connectivity index (χ4n) is 3.06. The monoisotopic (exact) mass is 454 g/mol. The van der Waals surface area contributed by atoms with Crippen LogP contribution in [0.15, 0.2) is 23.4 Å². The summed E-state index contributed by atoms with van der Waals surface area (Å²) >= 11 is 6.38. The fourth-order valence-corrected chi connectivity index (χ4v) is 3.28. The molecule has 1 aliphatic heterocycles. The second-order valence-electron chi connectivity index (χ2n) is 6.57. The molecular formula is C20H27ClN4O6. The molecule has 0 aliphatic carbocycles. The van der Waals surface area contributed by atoms with Gasteiger partial charge in [0.2, 0.25) is 0 Å². The zero-order chi connectivity index (χ0) is 23.1. The molecule has 0 unspecified atom stereocenters. The Labute approximate surface area is 185 Å². The number of β-amino-alcohol motifs (C(OH)–C–C–N with tert-alkyl or cyclic N) is 1. The average molecular weight is 455 g/mol. The van der Waals surface area contributed by atoms with Gasteiger partial charge in [0.1, 0.15) is 11.4 Å². The molecule has 0 atom stereocenters. The van der Waals surface area contributed by atoms with E-state index in [1.165, 1.54) is 31.3 Å². The van der Waals surface area contributed by atoms with Crippen molar-refractivity contribution in [3.8, 4) is 5.75 Å². The molecule has 31 heavy (non-hydrogen) atoms. The first-order valence-electron chi connectivity index (χ1n) is 9.73. The number of hydrogen-bond donors (Lipinski definition) is 3. The van der Waals surface area contributed by atoms with E-state index in [0.717, 1.165) is 0 Å². The molecule has 0 saturated heterocycles. The predicted molar refractivity (Wildman–Crippen MR) is 115 cm³/mol. The van der Waals surface area contributed by atoms with Crippen LogP contribution in [-0.4, -0.2) is 79.8 Å². The summed E-state index contributed by atoms with van der Waals surface area (Å²) in [5.41, 5.74) is 3.35. The van der Waals surface area contributed by atoms with Crippen LogP contribution in [0, 0.1) is 0 Å². The van der Waals surface area contributed by atoms with Crippen molar-refractivity contribution in [3.63, 3.8) is 0 Å². The first-order chi connectivity index (χ1) is 14.8. The Morgan fingerprint density at radius 2 is 1.94 bits per heavy atom. The van der Waals surface area contributed by atoms with Gasteiger partial charge in [-0.2, -0.15) is 0 Å². The molecule has 1 heterocycles. The second kappa shape index (κ2) is 11.0. The number of hydrazine groups is 1. The van der Waals surface area contributed by atoms with Crippen LogP contribution in [0.4, 0.5) is 5.69 Å². The van der Waals surface area contributed by atoms with Crippen LogP contribution in [0.2, 0.25) is 5.02 Å². The van der Waals surface area contributed by atoms with Crippen LogP contribution >= 0.6 is 11.6 Å². The van der Waals surface area contributed by atoms with Crippen LogP contribution in [0.25, 0.3) is 0 Å². The molecule has 11 heteroatoms. The lowest BCUT2D eigenvalue weighted by atomic mass is 10.1. The Balaban J connectivity index is 2.39. The van der Waals surface area contributed by atoms with E-state index in [0.29, 0.717) is 13.1 Å². The van der Waals surface area contributed by atoms with E-state index in [1.807, 2.05) is 13.8 Å². The number of aliphatic hydroxyl groups excluding tert-OH is 1. The van der Waals surface area contributed by atoms with Crippen LogP contribution in [0.5, 0.6) is 5.75 Å². The molecule has 0 fully saturated rings. The lowest BCUT2D eigenvalue weighted by molar-refractivity contribution is -0.136. The number of ether oxygens (including phenoxy) is 2. The van der Waals surface area contributed by atoms with Gasteiger partial charge in [0.25, 0.3) is 11.8 Å². The zero-order valence-electron chi connectivity index (χ0n) is 18.0. The Kier molecular flexibility index (Phi) is 8.66. The van der Waals surface area contributed by atoms with Crippen LogP contribution < -0.4 is 15.5 Å². The number of rotatable bonds is 10. The van der Waals surface area contributed by atoms with Crippen molar-refractivity contribution in [2.75, 3.05) is 52.3 Å². The van der Waals surface area contributed by atoms with Crippen LogP contribution in [0.1, 0.15) is 24.2 Å². The van der Waals surface area contributed by atoms with Gasteiger partial charge in [-0.25, -0.2) is 9.80 Å². The fraction of sp³-hybridized carbons (Fsp3) is 0.450. The van der Waals surface area contributed by atoms with Gasteiger partial charge >= 0.3 is 5.97 Å². The number of nitrogens with one attached hydrogen (secondary N) is 2. The number of aliphatic hydroxyl groups is 1. The molecule has 0 bridgehead atoms. The molecule has 1 aliphatic rings. The summed E-state index contributed by atoms with van der Waals surface area (Å²) in [4.78, 5) is 38.8. The smallest absolute Gasteiger partial charge is 0.337 e. The van der Waals surface area contributed by atoms with Crippen molar-refractivity contribution >= 4 is 35.1 Å². The van der Waals surface area contributed by atoms with Crippen LogP contribution in [0.3, 0.4) is 0 Å². The van der Waals surface area contributed by atoms with Gasteiger partial charge in [0, 0.05) is 25.7 Å². The highest BCUT2D eigenvalue weighted by Crippen LogP contribution is 2.33. The first-order valence-corrected chi connectivity index (χ1v) is 10.1. The maximum absolute atomic E-state index is 12.7. The number of benzene rings is 1. The molecule has 2 rings (SSSR count). The Morgan fingerprint density at radius 3 is 2.48 bits per heavy atom. The highest BCUT2D eigenvalue weighted by Gasteiger charge is 2.35. The maximum atomic E-state index is 12.7. The Bertz CT molecular complexity index is 885. The largest absolute Gasteiger partial charge is 0.496 e. The highest BCUT2D eigenvalue weighted by atomic mass is 35.5. The third kappa shape index (κ3) is 5.46. The van der Waals surface area contributed by atoms with Gasteiger partial charge in [0.05, 0.1) is 49.2 Å². The summed E-state index contributed by atoms with van der Waals surface area (Å²) in [6, 6.07) is 2.90. The average Bonchev–Trinajstić information content (AvgIpc) is 3.07. The van der Waals surface area contributed by atoms with Crippen molar-refractivity contribution in [2.24, 2.45) is 0 Å². The summed E-state index contributed by atoms with van der Waals surface area (Å²) < 4.78 is 10.1. The normalized spacial score (nSPS) is 13.6. The molecule has 170 valence electrons. The first kappa shape index (κ1) is 24.4. The van der Waals surface area contributed by atoms with E-state index in [2.05, 4.69) is 10.7 Å². The van der Waals surface area contributed by atoms with E-state index < -0.39 is 17.8 Å². The van der Waals surface area contributed by atoms with Crippen molar-refractivity contribution in [1.82, 2.24) is 15.3 Å². The van der Waals surface area contributed by atoms with Gasteiger partial charge < -0.3 is 24.8 Å². The number of nitrogens with zero attached hydrogens (tertiary/aromatic N) is 2. The lowest BCUT2D eigenvalue weighted by Gasteiger charge is -2.21. The van der Waals surface area contributed by atoms with E-state index in [4.69, 9.17) is 26.2 Å². The van der Waals surface area contributed by atoms with Crippen molar-refractivity contribution in [2.45, 2.75) is 13.8 Å². The number of anilines is 1. The molecule has 1 aromatic rings. The molecule has 0 saturated carbocycles. The van der Waals surface area contributed by atoms with Crippen LogP contribution in [-0.2, 0) is 14.3 Å². The Morgan fingerprint density at radius 1 is 1.26 bits per heavy atom. The van der Waals surface area contributed by atoms with E-state index in [1.54, 1.807) is 5.01 Å². The third-order valence-corrected chi connectivity index (χ3v) is 5.08. The minimum Gasteiger partial charge on any atom is -0.496 e. The summed E-state index contributed by atoms with van der Waals surface area (Å²) in [6.45, 7) is 4.86. The number of carbonyl (C=O) groups excluding carboxylic acids is 3. The van der Waals surface area contributed by atoms with E-state index >= 15 is 0 Å². The highest BCUT2D eigenvalue weighted by molar-refractivity contribution is 6.34. The molecule has 0 aromatic heterocycles. The second-order valence-corrected chi connectivity index (χ2v) is 6.97. The summed E-state index contributed by atoms with van der Waals surface area (Å²) in [7, 11) is 2.62. The lowest BCUT2D eigenvalue weighted by Crippen LogP contribution is -2.42. The van der Waals surface area contributed by atoms with E-state index in [-0.39, 0.29) is 53.0 Å². The zero-order valence-corrected chi connectivity index (χ0v) is 18.7. The Hall–Kier alpha value is -2.82. The number of hydrogen-bond acceptors (Lipinski definition) is 8. The standard InChI is InChI=1S/C20H27ClN4O6/c1-5-25(6-2)23-18(27)12-9-14(21)15(10-16(12)30-3)22-17-13(20(29)31-4)11-24(7-8-26)19(17)28/h9-10,22,26H,5-8,11H2,1-4H3,(H,23,27). The minimum atomic E-state index is -0.672. The molecular weight excluding hydrogens is 428 g/mol. The number of esters is 1. The van der Waals surface area contributed by atoms with Gasteiger partial charge in [-0.15, -0.1) is 0 Å². The number of halogens is 1.